The molecule has 0 aliphatic heterocycles. The third-order valence-corrected chi connectivity index (χ3v) is 4.19. The van der Waals surface area contributed by atoms with Crippen LogP contribution in [-0.4, -0.2) is 26.5 Å². The van der Waals surface area contributed by atoms with Crippen molar-refractivity contribution in [2.75, 3.05) is 12.0 Å². The lowest BCUT2D eigenvalue weighted by atomic mass is 10.4. The van der Waals surface area contributed by atoms with Crippen LogP contribution in [0.5, 0.6) is 0 Å². The van der Waals surface area contributed by atoms with Gasteiger partial charge in [0.15, 0.2) is 9.84 Å². The summed E-state index contributed by atoms with van der Waals surface area (Å²) in [6, 6.07) is 7.01. The number of hydrogen-bond donors (Lipinski definition) is 1. The third-order valence-electron chi connectivity index (χ3n) is 1.76. The zero-order valence-corrected chi connectivity index (χ0v) is 10.4. The summed E-state index contributed by atoms with van der Waals surface area (Å²) in [4.78, 5) is 1.40. The van der Waals surface area contributed by atoms with Gasteiger partial charge in [-0.2, -0.15) is 0 Å². The van der Waals surface area contributed by atoms with Gasteiger partial charge in [0.05, 0.1) is 4.90 Å². The van der Waals surface area contributed by atoms with Crippen LogP contribution in [0.25, 0.3) is 0 Å². The Morgan fingerprint density at radius 1 is 1.33 bits per heavy atom. The minimum absolute atomic E-state index is 0.143. The molecule has 5 heteroatoms. The molecule has 1 rings (SSSR count). The van der Waals surface area contributed by atoms with Crippen LogP contribution in [0.2, 0.25) is 0 Å². The molecule has 0 aliphatic rings. The molecule has 0 aliphatic carbocycles. The number of nitrogens with two attached hydrogens (primary N) is 1. The van der Waals surface area contributed by atoms with Crippen LogP contribution in [0.15, 0.2) is 34.1 Å². The van der Waals surface area contributed by atoms with Crippen molar-refractivity contribution in [2.45, 2.75) is 22.8 Å². The van der Waals surface area contributed by atoms with E-state index in [4.69, 9.17) is 5.73 Å². The van der Waals surface area contributed by atoms with Crippen LogP contribution in [0.3, 0.4) is 0 Å². The van der Waals surface area contributed by atoms with Gasteiger partial charge in [0, 0.05) is 22.9 Å². The Kier molecular flexibility index (Phi) is 4.19. The highest BCUT2D eigenvalue weighted by Gasteiger charge is 2.06. The molecule has 0 saturated heterocycles. The van der Waals surface area contributed by atoms with E-state index in [1.165, 1.54) is 6.26 Å². The van der Waals surface area contributed by atoms with Crippen molar-refractivity contribution in [1.29, 1.82) is 0 Å². The van der Waals surface area contributed by atoms with Gasteiger partial charge in [0.1, 0.15) is 0 Å². The summed E-state index contributed by atoms with van der Waals surface area (Å²) in [6.07, 6.45) is 1.21. The molecule has 0 amide bonds. The molecule has 1 aromatic rings. The fourth-order valence-corrected chi connectivity index (χ4v) is 2.43. The van der Waals surface area contributed by atoms with E-state index in [2.05, 4.69) is 0 Å². The highest BCUT2D eigenvalue weighted by molar-refractivity contribution is 7.99. The van der Waals surface area contributed by atoms with Gasteiger partial charge in [0.2, 0.25) is 0 Å². The molecular weight excluding hydrogens is 230 g/mol. The Bertz CT molecular complexity index is 410. The van der Waals surface area contributed by atoms with Crippen LogP contribution in [0, 0.1) is 0 Å². The first kappa shape index (κ1) is 12.5. The van der Waals surface area contributed by atoms with E-state index in [0.29, 0.717) is 4.90 Å². The molecule has 2 N–H and O–H groups in total. The van der Waals surface area contributed by atoms with Crippen molar-refractivity contribution in [3.05, 3.63) is 24.3 Å². The summed E-state index contributed by atoms with van der Waals surface area (Å²) < 4.78 is 22.4. The number of sulfone groups is 1. The zero-order chi connectivity index (χ0) is 11.5. The van der Waals surface area contributed by atoms with Gasteiger partial charge in [-0.05, 0) is 31.2 Å². The van der Waals surface area contributed by atoms with Crippen LogP contribution in [0.1, 0.15) is 6.92 Å². The van der Waals surface area contributed by atoms with Gasteiger partial charge in [-0.3, -0.25) is 0 Å². The number of hydrogen-bond acceptors (Lipinski definition) is 4. The van der Waals surface area contributed by atoms with Crippen molar-refractivity contribution >= 4 is 21.6 Å². The normalized spacial score (nSPS) is 13.8. The van der Waals surface area contributed by atoms with E-state index in [1.54, 1.807) is 23.9 Å². The van der Waals surface area contributed by atoms with Gasteiger partial charge in [-0.15, -0.1) is 11.8 Å². The SMILES string of the molecule is C[C@H](N)CSc1ccc(S(C)(=O)=O)cc1. The average Bonchev–Trinajstić information content (AvgIpc) is 2.14. The Hall–Kier alpha value is -0.520. The molecule has 0 spiro atoms. The monoisotopic (exact) mass is 245 g/mol. The van der Waals surface area contributed by atoms with Gasteiger partial charge >= 0.3 is 0 Å². The second kappa shape index (κ2) is 5.01. The Morgan fingerprint density at radius 2 is 1.87 bits per heavy atom. The van der Waals surface area contributed by atoms with Gasteiger partial charge < -0.3 is 5.73 Å². The molecule has 0 bridgehead atoms. The van der Waals surface area contributed by atoms with Crippen LogP contribution in [0.4, 0.5) is 0 Å². The first-order valence-electron chi connectivity index (χ1n) is 4.58. The molecule has 0 fully saturated rings. The molecule has 15 heavy (non-hydrogen) atoms. The molecule has 0 heterocycles. The second-order valence-electron chi connectivity index (χ2n) is 3.53. The van der Waals surface area contributed by atoms with E-state index >= 15 is 0 Å². The first-order chi connectivity index (χ1) is 6.89. The van der Waals surface area contributed by atoms with Gasteiger partial charge in [-0.1, -0.05) is 0 Å². The highest BCUT2D eigenvalue weighted by atomic mass is 32.2. The first-order valence-corrected chi connectivity index (χ1v) is 7.46. The van der Waals surface area contributed by atoms with Gasteiger partial charge in [0.25, 0.3) is 0 Å². The van der Waals surface area contributed by atoms with E-state index in [-0.39, 0.29) is 6.04 Å². The molecule has 1 atom stereocenters. The molecule has 0 aromatic heterocycles. The second-order valence-corrected chi connectivity index (χ2v) is 6.64. The summed E-state index contributed by atoms with van der Waals surface area (Å²) in [6.45, 7) is 1.94. The lowest BCUT2D eigenvalue weighted by Gasteiger charge is -2.05. The van der Waals surface area contributed by atoms with Crippen LogP contribution in [-0.2, 0) is 9.84 Å². The third kappa shape index (κ3) is 4.24. The predicted octanol–water partition coefficient (Wildman–Crippen LogP) is 1.53. The summed E-state index contributed by atoms with van der Waals surface area (Å²) in [5.41, 5.74) is 5.62. The molecule has 0 unspecified atom stereocenters. The highest BCUT2D eigenvalue weighted by Crippen LogP contribution is 2.20. The number of rotatable bonds is 4. The van der Waals surface area contributed by atoms with Crippen molar-refractivity contribution in [3.63, 3.8) is 0 Å². The quantitative estimate of drug-likeness (QED) is 0.817. The largest absolute Gasteiger partial charge is 0.327 e. The Labute approximate surface area is 95.0 Å². The molecule has 0 saturated carbocycles. The lowest BCUT2D eigenvalue weighted by Crippen LogP contribution is -2.17. The number of thioether (sulfide) groups is 1. The molecule has 0 radical (unpaired) electrons. The summed E-state index contributed by atoms with van der Waals surface area (Å²) in [7, 11) is -3.08. The maximum absolute atomic E-state index is 11.2. The maximum atomic E-state index is 11.2. The molecule has 3 nitrogen and oxygen atoms in total. The Morgan fingerprint density at radius 3 is 2.27 bits per heavy atom. The van der Waals surface area contributed by atoms with E-state index in [0.717, 1.165) is 10.6 Å². The van der Waals surface area contributed by atoms with Crippen molar-refractivity contribution in [2.24, 2.45) is 5.73 Å². The predicted molar refractivity (Wildman–Crippen MR) is 63.9 cm³/mol. The minimum Gasteiger partial charge on any atom is -0.327 e. The smallest absolute Gasteiger partial charge is 0.175 e. The molecule has 84 valence electrons. The van der Waals surface area contributed by atoms with E-state index in [9.17, 15) is 8.42 Å². The van der Waals surface area contributed by atoms with E-state index in [1.807, 2.05) is 19.1 Å². The summed E-state index contributed by atoms with van der Waals surface area (Å²) in [5.74, 6) is 0.832. The minimum atomic E-state index is -3.08. The summed E-state index contributed by atoms with van der Waals surface area (Å²) in [5, 5.41) is 0. The molecule has 1 aromatic carbocycles. The van der Waals surface area contributed by atoms with Crippen molar-refractivity contribution < 1.29 is 8.42 Å². The fraction of sp³-hybridized carbons (Fsp3) is 0.400. The van der Waals surface area contributed by atoms with Crippen LogP contribution < -0.4 is 5.73 Å². The van der Waals surface area contributed by atoms with E-state index < -0.39 is 9.84 Å². The topological polar surface area (TPSA) is 60.2 Å². The lowest BCUT2D eigenvalue weighted by molar-refractivity contribution is 0.602. The standard InChI is InChI=1S/C10H15NO2S2/c1-8(11)7-14-9-3-5-10(6-4-9)15(2,12)13/h3-6,8H,7,11H2,1-2H3/t8-/m0/s1. The van der Waals surface area contributed by atoms with Crippen molar-refractivity contribution in [3.8, 4) is 0 Å². The fourth-order valence-electron chi connectivity index (χ4n) is 1.01. The van der Waals surface area contributed by atoms with Gasteiger partial charge in [-0.25, -0.2) is 8.42 Å². The number of benzene rings is 1. The van der Waals surface area contributed by atoms with Crippen LogP contribution >= 0.6 is 11.8 Å². The summed E-state index contributed by atoms with van der Waals surface area (Å²) >= 11 is 1.63. The molecular formula is C10H15NO2S2. The zero-order valence-electron chi connectivity index (χ0n) is 8.80. The van der Waals surface area contributed by atoms with Crippen molar-refractivity contribution in [1.82, 2.24) is 0 Å². The Balaban J connectivity index is 2.73. The average molecular weight is 245 g/mol. The maximum Gasteiger partial charge on any atom is 0.175 e.